The molecule has 0 aromatic rings. The maximum atomic E-state index is 13.2. The van der Waals surface area contributed by atoms with Crippen molar-refractivity contribution in [3.63, 3.8) is 0 Å². The monoisotopic (exact) mass is 1680 g/mol. The van der Waals surface area contributed by atoms with Crippen molar-refractivity contribution >= 4 is 31.8 Å². The second kappa shape index (κ2) is 54.5. The molecule has 40 heteroatoms. The number of nitrogens with zero attached hydrogens (tertiary/aromatic N) is 3. The number of aliphatic hydroxyl groups excluding tert-OH is 4. The van der Waals surface area contributed by atoms with Gasteiger partial charge in [-0.2, -0.15) is 15.8 Å². The van der Waals surface area contributed by atoms with Crippen molar-refractivity contribution in [1.82, 2.24) is 6.15 Å². The van der Waals surface area contributed by atoms with Gasteiger partial charge in [-0.15, -0.1) is 0 Å². The van der Waals surface area contributed by atoms with Gasteiger partial charge in [0.05, 0.1) is 213 Å². The zero-order valence-corrected chi connectivity index (χ0v) is 72.0. The van der Waals surface area contributed by atoms with Crippen LogP contribution in [0.2, 0.25) is 0 Å². The van der Waals surface area contributed by atoms with Crippen molar-refractivity contribution < 1.29 is 151 Å². The molecule has 8 N–H and O–H groups in total. The molecule has 9 saturated heterocycles. The summed E-state index contributed by atoms with van der Waals surface area (Å²) in [6, 6.07) is 5.91. The summed E-state index contributed by atoms with van der Waals surface area (Å²) in [6.45, 7) is 23.3. The third kappa shape index (κ3) is 37.3. The van der Waals surface area contributed by atoms with Crippen molar-refractivity contribution in [3.8, 4) is 18.2 Å². The summed E-state index contributed by atoms with van der Waals surface area (Å²) >= 11 is 0. The maximum absolute atomic E-state index is 13.2. The van der Waals surface area contributed by atoms with Crippen LogP contribution < -0.4 is 11.0 Å². The molecule has 650 valence electrons. The quantitative estimate of drug-likeness (QED) is 0.0286. The molecule has 31 atom stereocenters. The van der Waals surface area contributed by atoms with Gasteiger partial charge in [0.25, 0.3) is 7.82 Å². The van der Waals surface area contributed by atoms with Gasteiger partial charge in [0.2, 0.25) is 0 Å². The highest BCUT2D eigenvalue weighted by molar-refractivity contribution is 7.48. The van der Waals surface area contributed by atoms with Gasteiger partial charge in [0.1, 0.15) is 54.9 Å². The Kier molecular flexibility index (Phi) is 50.9. The fourth-order valence-electron chi connectivity index (χ4n) is 13.8. The van der Waals surface area contributed by atoms with E-state index >= 15 is 0 Å². The lowest BCUT2D eigenvalue weighted by atomic mass is 10.1. The average molecular weight is 1680 g/mol. The van der Waals surface area contributed by atoms with E-state index in [-0.39, 0.29) is 176 Å². The summed E-state index contributed by atoms with van der Waals surface area (Å²) in [6.07, 6.45) is 4.06. The van der Waals surface area contributed by atoms with E-state index in [9.17, 15) is 28.8 Å². The first-order valence-electron chi connectivity index (χ1n) is 38.3. The van der Waals surface area contributed by atoms with E-state index in [1.807, 2.05) is 59.5 Å². The molecule has 0 radical (unpaired) electrons. The molecular weight excluding hydrogens is 1540 g/mol. The number of phosphoric acid groups is 3. The molecule has 9 rings (SSSR count). The van der Waals surface area contributed by atoms with Gasteiger partial charge in [-0.05, 0) is 75.2 Å². The van der Waals surface area contributed by atoms with Crippen LogP contribution in [-0.4, -0.2) is 294 Å². The molecular formula is C71H134N4O32P4. The van der Waals surface area contributed by atoms with Crippen LogP contribution in [0.5, 0.6) is 0 Å². The van der Waals surface area contributed by atoms with E-state index in [2.05, 4.69) is 27.7 Å². The van der Waals surface area contributed by atoms with E-state index in [1.165, 1.54) is 0 Å². The highest BCUT2D eigenvalue weighted by atomic mass is 31.2. The zero-order chi connectivity index (χ0) is 81.7. The third-order valence-corrected chi connectivity index (χ3v) is 24.2. The molecule has 0 aromatic carbocycles. The molecule has 0 aromatic heterocycles. The van der Waals surface area contributed by atoms with Crippen LogP contribution in [0.15, 0.2) is 0 Å². The highest BCUT2D eigenvalue weighted by Gasteiger charge is 2.46. The Hall–Kier alpha value is -1.61. The molecule has 9 aliphatic heterocycles. The van der Waals surface area contributed by atoms with Crippen molar-refractivity contribution in [3.05, 3.63) is 0 Å². The molecule has 111 heavy (non-hydrogen) atoms. The molecule has 36 nitrogen and oxygen atoms in total. The Morgan fingerprint density at radius 3 is 1.03 bits per heavy atom. The molecule has 9 aliphatic rings. The molecule has 0 amide bonds. The minimum absolute atomic E-state index is 0. The molecule has 0 spiro atoms. The fourth-order valence-corrected chi connectivity index (χ4v) is 18.5. The van der Waals surface area contributed by atoms with E-state index < -0.39 is 74.6 Å². The van der Waals surface area contributed by atoms with Crippen molar-refractivity contribution in [1.29, 1.82) is 15.8 Å². The molecule has 9 fully saturated rings. The van der Waals surface area contributed by atoms with Gasteiger partial charge in [-0.25, -0.2) is 9.13 Å². The summed E-state index contributed by atoms with van der Waals surface area (Å²) in [5.74, 6) is 0. The number of hydrogen-bond acceptors (Lipinski definition) is 35. The van der Waals surface area contributed by atoms with Gasteiger partial charge >= 0.3 is 15.6 Å². The number of methoxy groups -OCH3 is 5. The average Bonchev–Trinajstić information content (AvgIpc) is 1.74. The normalized spacial score (nSPS) is 37.3. The van der Waals surface area contributed by atoms with Gasteiger partial charge in [-0.3, -0.25) is 31.7 Å². The Bertz CT molecular complexity index is 2740. The lowest BCUT2D eigenvalue weighted by Crippen LogP contribution is -2.31. The van der Waals surface area contributed by atoms with Gasteiger partial charge in [-0.1, -0.05) is 13.8 Å². The Morgan fingerprint density at radius 2 is 0.685 bits per heavy atom. The molecule has 0 aliphatic carbocycles. The fraction of sp³-hybridized carbons (Fsp3) is 0.958. The van der Waals surface area contributed by atoms with E-state index in [1.54, 1.807) is 49.4 Å². The second-order valence-corrected chi connectivity index (χ2v) is 34.4. The SMILES string of the molecule is CC1CC(O)C(COP(=O)([O-])OC2CC(C)OC2CO)O1.CCC1OC(C)CC1OC.CCC1OC(C)CC1OP(C)OCCC#N.COC1CC(C)OC1CO.COC1CC(C)OC1COP(=O)(OCCC#N)OC1CC(C)OC1CO.COCC1OC(C)CC1OP(=O)(OCCC#N)OCC1OC(C)CC1OC.[NH4+]. The van der Waals surface area contributed by atoms with Crippen LogP contribution in [-0.2, 0) is 125 Å². The van der Waals surface area contributed by atoms with E-state index in [0.717, 1.165) is 38.5 Å². The molecule has 31 unspecified atom stereocenters. The van der Waals surface area contributed by atoms with Crippen molar-refractivity contribution in [2.24, 2.45) is 0 Å². The van der Waals surface area contributed by atoms with Crippen LogP contribution in [0.25, 0.3) is 0 Å². The topological polar surface area (TPSA) is 485 Å². The first-order valence-corrected chi connectivity index (χ1v) is 44.3. The van der Waals surface area contributed by atoms with Gasteiger partial charge in [0.15, 0.2) is 8.38 Å². The summed E-state index contributed by atoms with van der Waals surface area (Å²) in [5, 5.41) is 62.8. The smallest absolute Gasteiger partial charge is 0.475 e. The first-order chi connectivity index (χ1) is 52.3. The molecule has 0 bridgehead atoms. The lowest BCUT2D eigenvalue weighted by Gasteiger charge is -2.29. The second-order valence-electron chi connectivity index (χ2n) is 28.4. The predicted molar refractivity (Wildman–Crippen MR) is 401 cm³/mol. The summed E-state index contributed by atoms with van der Waals surface area (Å²) in [7, 11) is -5.16. The van der Waals surface area contributed by atoms with Crippen molar-refractivity contribution in [2.75, 3.05) is 108 Å². The number of phosphoric ester groups is 3. The number of quaternary nitrogens is 1. The largest absolute Gasteiger partial charge is 0.756 e. The van der Waals surface area contributed by atoms with Crippen molar-refractivity contribution in [2.45, 2.75) is 331 Å². The summed E-state index contributed by atoms with van der Waals surface area (Å²) in [5.41, 5.74) is 0. The maximum Gasteiger partial charge on any atom is 0.475 e. The minimum Gasteiger partial charge on any atom is -0.756 e. The lowest BCUT2D eigenvalue weighted by molar-refractivity contribution is -0.234. The van der Waals surface area contributed by atoms with Gasteiger partial charge < -0.3 is 116 Å². The third-order valence-electron chi connectivity index (χ3n) is 19.1. The van der Waals surface area contributed by atoms with E-state index in [4.69, 9.17) is 138 Å². The molecule has 0 saturated carbocycles. The highest BCUT2D eigenvalue weighted by Crippen LogP contribution is 2.55. The minimum atomic E-state index is -4.55. The number of ether oxygens (including phenoxy) is 14. The standard InChI is InChI=1S/C17H30NO8P.C16H28NO8P.C12H23O8P.C11H20NO3P.C8H16O2.C7H14O3.H3N/c1-12-8-14(21-4)17(25-12)11-23-27(19,22-7-5-6-18)26-15-9-13(2)24-16(15)10-20-3;1-11-7-13(20-3)16(24-11)10-22-26(19,21-6-4-5-17)25-14-8-12(2)23-15(14)9-18;1-7-3-9(14)12(19-7)6-17-21(15,16)20-10-4-8(2)18-11(10)5-13;1-4-10-11(8-9(2)14-10)15-16(3)13-7-5-6-12;1-4-7-8(9-3)5-6(2)10-7;1-5-3-6(9-2)7(4-8)10-5;/h12-17H,5,7-11H2,1-4H3;11-16,18H,4,6-10H2,1-3H3;7-14H,3-6H2,1-2H3,(H,15,16);9-11H,4-5,7-8H2,1-3H3;6-8H,4-5H2,1-3H3;5-8H,3-4H2,1-2H3;1H3. The molecule has 9 heterocycles. The number of rotatable bonds is 37. The summed E-state index contributed by atoms with van der Waals surface area (Å²) < 4.78 is 168. The van der Waals surface area contributed by atoms with Crippen LogP contribution in [0.3, 0.4) is 0 Å². The number of hydrogen-bond donors (Lipinski definition) is 5. The van der Waals surface area contributed by atoms with Gasteiger partial charge in [0, 0.05) is 100 Å². The Labute approximate surface area is 659 Å². The van der Waals surface area contributed by atoms with E-state index in [0.29, 0.717) is 70.1 Å². The number of nitriles is 3. The first kappa shape index (κ1) is 104. The van der Waals surface area contributed by atoms with Crippen LogP contribution in [0.4, 0.5) is 0 Å². The van der Waals surface area contributed by atoms with Crippen LogP contribution in [0, 0.1) is 34.0 Å². The van der Waals surface area contributed by atoms with Crippen LogP contribution in [0.1, 0.15) is 166 Å². The Balaban J connectivity index is 0.000000356. The Morgan fingerprint density at radius 1 is 0.396 bits per heavy atom. The zero-order valence-electron chi connectivity index (χ0n) is 68.4. The van der Waals surface area contributed by atoms with Crippen LogP contribution >= 0.6 is 31.8 Å². The summed E-state index contributed by atoms with van der Waals surface area (Å²) in [4.78, 5) is 11.8. The number of aliphatic hydroxyl groups is 4. The predicted octanol–water partition coefficient (Wildman–Crippen LogP) is 8.76.